The fourth-order valence-electron chi connectivity index (χ4n) is 1.32. The van der Waals surface area contributed by atoms with Crippen LogP contribution in [0.4, 0.5) is 0 Å². The van der Waals surface area contributed by atoms with Crippen molar-refractivity contribution in [2.45, 2.75) is 38.0 Å². The predicted molar refractivity (Wildman–Crippen MR) is 41.0 cm³/mol. The van der Waals surface area contributed by atoms with Gasteiger partial charge in [0.15, 0.2) is 0 Å². The lowest BCUT2D eigenvalue weighted by molar-refractivity contribution is 0.777. The van der Waals surface area contributed by atoms with Gasteiger partial charge in [-0.25, -0.2) is 0 Å². The molecule has 1 fully saturated rings. The Morgan fingerprint density at radius 2 is 1.50 bits per heavy atom. The SMILES string of the molecule is CC1CC[C@H](C)P1C. The molecule has 1 aliphatic rings. The van der Waals surface area contributed by atoms with E-state index in [-0.39, 0.29) is 0 Å². The molecule has 48 valence electrons. The van der Waals surface area contributed by atoms with Crippen LogP contribution in [0.3, 0.4) is 0 Å². The van der Waals surface area contributed by atoms with Crippen LogP contribution in [0.15, 0.2) is 0 Å². The van der Waals surface area contributed by atoms with E-state index in [4.69, 9.17) is 0 Å². The van der Waals surface area contributed by atoms with Gasteiger partial charge in [0.05, 0.1) is 0 Å². The molecular weight excluding hydrogens is 115 g/mol. The van der Waals surface area contributed by atoms with Gasteiger partial charge >= 0.3 is 0 Å². The van der Waals surface area contributed by atoms with E-state index < -0.39 is 0 Å². The number of rotatable bonds is 0. The number of hydrogen-bond acceptors (Lipinski definition) is 0. The highest BCUT2D eigenvalue weighted by molar-refractivity contribution is 7.58. The summed E-state index contributed by atoms with van der Waals surface area (Å²) in [6.45, 7) is 7.24. The molecular formula is C7H15P. The average Bonchev–Trinajstić information content (AvgIpc) is 1.98. The van der Waals surface area contributed by atoms with E-state index in [0.717, 1.165) is 11.3 Å². The fourth-order valence-corrected chi connectivity index (χ4v) is 3.31. The van der Waals surface area contributed by atoms with E-state index in [1.165, 1.54) is 12.8 Å². The first kappa shape index (κ1) is 6.55. The Labute approximate surface area is 53.4 Å². The molecule has 1 heteroatoms. The minimum absolute atomic E-state index is 0.413. The summed E-state index contributed by atoms with van der Waals surface area (Å²) in [7, 11) is 0.413. The molecule has 2 unspecified atom stereocenters. The third kappa shape index (κ3) is 1.05. The Kier molecular flexibility index (Phi) is 1.92. The Morgan fingerprint density at radius 3 is 1.62 bits per heavy atom. The summed E-state index contributed by atoms with van der Waals surface area (Å²) < 4.78 is 0. The van der Waals surface area contributed by atoms with Crippen LogP contribution < -0.4 is 0 Å². The zero-order valence-electron chi connectivity index (χ0n) is 6.02. The standard InChI is InChI=1S/C7H15P/c1-6-4-5-7(2)8(6)3/h6-7H,4-5H2,1-3H3/t6-,7?,8?/m0/s1. The first-order chi connectivity index (χ1) is 3.72. The fraction of sp³-hybridized carbons (Fsp3) is 1.00. The van der Waals surface area contributed by atoms with Crippen LogP contribution in [0.5, 0.6) is 0 Å². The molecule has 0 saturated carbocycles. The van der Waals surface area contributed by atoms with Gasteiger partial charge in [0.25, 0.3) is 0 Å². The van der Waals surface area contributed by atoms with Gasteiger partial charge in [-0.05, 0) is 30.8 Å². The maximum atomic E-state index is 2.44. The molecule has 1 heterocycles. The molecule has 1 rings (SSSR count). The summed E-state index contributed by atoms with van der Waals surface area (Å²) in [5.41, 5.74) is 2.11. The largest absolute Gasteiger partial charge is 0.104 e. The van der Waals surface area contributed by atoms with Crippen molar-refractivity contribution in [2.75, 3.05) is 6.66 Å². The molecule has 0 aromatic heterocycles. The molecule has 0 aromatic rings. The summed E-state index contributed by atoms with van der Waals surface area (Å²) in [5, 5.41) is 0. The normalized spacial score (nSPS) is 47.6. The Balaban J connectivity index is 2.44. The van der Waals surface area contributed by atoms with E-state index in [9.17, 15) is 0 Å². The van der Waals surface area contributed by atoms with Crippen molar-refractivity contribution in [2.24, 2.45) is 0 Å². The predicted octanol–water partition coefficient (Wildman–Crippen LogP) is 2.67. The lowest BCUT2D eigenvalue weighted by Crippen LogP contribution is -1.92. The molecule has 0 aromatic carbocycles. The van der Waals surface area contributed by atoms with Crippen molar-refractivity contribution < 1.29 is 0 Å². The summed E-state index contributed by atoms with van der Waals surface area (Å²) in [5.74, 6) is 0. The molecule has 1 aliphatic heterocycles. The van der Waals surface area contributed by atoms with Gasteiger partial charge in [-0.3, -0.25) is 0 Å². The molecule has 8 heavy (non-hydrogen) atoms. The Morgan fingerprint density at radius 1 is 1.12 bits per heavy atom. The third-order valence-corrected chi connectivity index (χ3v) is 5.69. The maximum Gasteiger partial charge on any atom is -0.0237 e. The minimum atomic E-state index is 0.413. The molecule has 0 aliphatic carbocycles. The second-order valence-electron chi connectivity index (χ2n) is 2.94. The monoisotopic (exact) mass is 130 g/mol. The van der Waals surface area contributed by atoms with Crippen LogP contribution in [0, 0.1) is 0 Å². The van der Waals surface area contributed by atoms with Crippen molar-refractivity contribution in [1.82, 2.24) is 0 Å². The van der Waals surface area contributed by atoms with Gasteiger partial charge in [-0.2, -0.15) is 0 Å². The highest BCUT2D eigenvalue weighted by Gasteiger charge is 2.24. The van der Waals surface area contributed by atoms with Crippen LogP contribution in [-0.2, 0) is 0 Å². The minimum Gasteiger partial charge on any atom is -0.104 e. The highest BCUT2D eigenvalue weighted by atomic mass is 31.1. The second-order valence-corrected chi connectivity index (χ2v) is 6.03. The van der Waals surface area contributed by atoms with Crippen molar-refractivity contribution in [3.63, 3.8) is 0 Å². The van der Waals surface area contributed by atoms with Gasteiger partial charge in [-0.15, -0.1) is 7.92 Å². The van der Waals surface area contributed by atoms with Crippen LogP contribution in [0.25, 0.3) is 0 Å². The Bertz CT molecular complexity index is 70.5. The molecule has 0 nitrogen and oxygen atoms in total. The lowest BCUT2D eigenvalue weighted by Gasteiger charge is -2.13. The van der Waals surface area contributed by atoms with Gasteiger partial charge in [-0.1, -0.05) is 13.8 Å². The molecule has 0 N–H and O–H groups in total. The van der Waals surface area contributed by atoms with Crippen molar-refractivity contribution in [1.29, 1.82) is 0 Å². The van der Waals surface area contributed by atoms with E-state index in [0.29, 0.717) is 7.92 Å². The average molecular weight is 130 g/mol. The van der Waals surface area contributed by atoms with Gasteiger partial charge < -0.3 is 0 Å². The third-order valence-electron chi connectivity index (χ3n) is 2.39. The highest BCUT2D eigenvalue weighted by Crippen LogP contribution is 2.51. The zero-order chi connectivity index (χ0) is 6.15. The first-order valence-electron chi connectivity index (χ1n) is 3.43. The van der Waals surface area contributed by atoms with Crippen molar-refractivity contribution in [3.8, 4) is 0 Å². The quantitative estimate of drug-likeness (QED) is 0.442. The van der Waals surface area contributed by atoms with Gasteiger partial charge in [0, 0.05) is 0 Å². The smallest absolute Gasteiger partial charge is 0.0237 e. The van der Waals surface area contributed by atoms with Gasteiger partial charge in [0.1, 0.15) is 0 Å². The molecule has 0 radical (unpaired) electrons. The van der Waals surface area contributed by atoms with E-state index >= 15 is 0 Å². The summed E-state index contributed by atoms with van der Waals surface area (Å²) in [4.78, 5) is 0. The second kappa shape index (κ2) is 2.35. The molecule has 0 amide bonds. The van der Waals surface area contributed by atoms with Gasteiger partial charge in [0.2, 0.25) is 0 Å². The molecule has 0 spiro atoms. The van der Waals surface area contributed by atoms with E-state index in [1.54, 1.807) is 0 Å². The Hall–Kier alpha value is 0.430. The van der Waals surface area contributed by atoms with E-state index in [1.807, 2.05) is 0 Å². The molecule has 0 bridgehead atoms. The summed E-state index contributed by atoms with van der Waals surface area (Å²) >= 11 is 0. The lowest BCUT2D eigenvalue weighted by atomic mass is 10.2. The summed E-state index contributed by atoms with van der Waals surface area (Å²) in [6.07, 6.45) is 2.98. The maximum absolute atomic E-state index is 2.44. The van der Waals surface area contributed by atoms with Crippen LogP contribution in [0.2, 0.25) is 0 Å². The van der Waals surface area contributed by atoms with Crippen molar-refractivity contribution in [3.05, 3.63) is 0 Å². The zero-order valence-corrected chi connectivity index (χ0v) is 6.91. The van der Waals surface area contributed by atoms with Crippen molar-refractivity contribution >= 4 is 7.92 Å². The van der Waals surface area contributed by atoms with Crippen LogP contribution in [0.1, 0.15) is 26.7 Å². The topological polar surface area (TPSA) is 0 Å². The summed E-state index contributed by atoms with van der Waals surface area (Å²) in [6, 6.07) is 0. The van der Waals surface area contributed by atoms with E-state index in [2.05, 4.69) is 20.5 Å². The molecule has 1 saturated heterocycles. The van der Waals surface area contributed by atoms with Crippen LogP contribution in [-0.4, -0.2) is 18.0 Å². The molecule has 3 atom stereocenters. The first-order valence-corrected chi connectivity index (χ1v) is 5.36. The number of hydrogen-bond donors (Lipinski definition) is 0. The van der Waals surface area contributed by atoms with Crippen LogP contribution >= 0.6 is 7.92 Å².